The minimum atomic E-state index is -2.96. The Morgan fingerprint density at radius 2 is 1.80 bits per heavy atom. The second kappa shape index (κ2) is 12.3. The number of benzene rings is 1. The van der Waals surface area contributed by atoms with E-state index in [1.54, 1.807) is 18.2 Å². The van der Waals surface area contributed by atoms with Gasteiger partial charge in [0.05, 0.1) is 25.1 Å². The average molecular weight is 554 g/mol. The SMILES string of the molecule is O=C(NCc1ccc(F)cc1)c1cc2cc(-c3ccc(OC(F)F)cn3)cnc2n(CCN2CCOCC2)c1=O. The van der Waals surface area contributed by atoms with Crippen LogP contribution in [0.15, 0.2) is 65.7 Å². The first-order valence-corrected chi connectivity index (χ1v) is 12.6. The Morgan fingerprint density at radius 1 is 1.02 bits per heavy atom. The summed E-state index contributed by atoms with van der Waals surface area (Å²) in [6.45, 7) is 0.706. The number of hydrogen-bond donors (Lipinski definition) is 1. The quantitative estimate of drug-likeness (QED) is 0.339. The zero-order chi connectivity index (χ0) is 28.1. The van der Waals surface area contributed by atoms with Gasteiger partial charge in [0.15, 0.2) is 0 Å². The molecular weight excluding hydrogens is 527 g/mol. The Bertz CT molecular complexity index is 1540. The highest BCUT2D eigenvalue weighted by atomic mass is 19.3. The summed E-state index contributed by atoms with van der Waals surface area (Å²) in [6.07, 6.45) is 2.72. The van der Waals surface area contributed by atoms with Gasteiger partial charge in [-0.1, -0.05) is 12.1 Å². The summed E-state index contributed by atoms with van der Waals surface area (Å²) in [7, 11) is 0. The van der Waals surface area contributed by atoms with E-state index in [2.05, 4.69) is 24.9 Å². The van der Waals surface area contributed by atoms with E-state index < -0.39 is 18.1 Å². The molecule has 0 spiro atoms. The molecule has 1 fully saturated rings. The number of carbonyl (C=O) groups excluding carboxylic acids is 1. The van der Waals surface area contributed by atoms with Crippen molar-refractivity contribution in [2.75, 3.05) is 32.8 Å². The van der Waals surface area contributed by atoms with E-state index in [0.717, 1.165) is 13.1 Å². The van der Waals surface area contributed by atoms with Gasteiger partial charge in [0.1, 0.15) is 22.8 Å². The van der Waals surface area contributed by atoms with Crippen molar-refractivity contribution < 1.29 is 27.4 Å². The van der Waals surface area contributed by atoms with Crippen molar-refractivity contribution >= 4 is 16.9 Å². The van der Waals surface area contributed by atoms with E-state index in [1.165, 1.54) is 47.3 Å². The summed E-state index contributed by atoms with van der Waals surface area (Å²) in [5.74, 6) is -1.04. The van der Waals surface area contributed by atoms with Crippen LogP contribution in [0.25, 0.3) is 22.3 Å². The summed E-state index contributed by atoms with van der Waals surface area (Å²) in [5.41, 5.74) is 1.54. The molecule has 3 aromatic heterocycles. The molecule has 9 nitrogen and oxygen atoms in total. The lowest BCUT2D eigenvalue weighted by Gasteiger charge is -2.27. The second-order valence-corrected chi connectivity index (χ2v) is 9.17. The lowest BCUT2D eigenvalue weighted by molar-refractivity contribution is -0.0500. The van der Waals surface area contributed by atoms with Crippen LogP contribution in [0, 0.1) is 5.82 Å². The summed E-state index contributed by atoms with van der Waals surface area (Å²) in [5, 5.41) is 3.26. The Morgan fingerprint density at radius 3 is 2.50 bits per heavy atom. The predicted octanol–water partition coefficient (Wildman–Crippen LogP) is 3.46. The summed E-state index contributed by atoms with van der Waals surface area (Å²) in [4.78, 5) is 37.5. The van der Waals surface area contributed by atoms with E-state index in [1.807, 2.05) is 0 Å². The minimum Gasteiger partial charge on any atom is -0.433 e. The van der Waals surface area contributed by atoms with E-state index in [4.69, 9.17) is 4.74 Å². The number of amides is 1. The normalized spacial score (nSPS) is 14.0. The maximum absolute atomic E-state index is 13.5. The van der Waals surface area contributed by atoms with Crippen molar-refractivity contribution in [2.24, 2.45) is 0 Å². The largest absolute Gasteiger partial charge is 0.433 e. The lowest BCUT2D eigenvalue weighted by Crippen LogP contribution is -2.40. The monoisotopic (exact) mass is 553 g/mol. The van der Waals surface area contributed by atoms with Crippen molar-refractivity contribution in [3.8, 4) is 17.0 Å². The van der Waals surface area contributed by atoms with Gasteiger partial charge in [0, 0.05) is 49.9 Å². The Labute approximate surface area is 227 Å². The standard InChI is InChI=1S/C28H26F3N5O4/c29-21-3-1-18(2-4-21)15-34-26(37)23-14-19-13-20(24-6-5-22(17-32-24)40-28(30)31)16-33-25(19)36(27(23)38)8-7-35-9-11-39-12-10-35/h1-6,13-14,16-17,28H,7-12,15H2,(H,34,37). The third kappa shape index (κ3) is 6.46. The first-order valence-electron chi connectivity index (χ1n) is 12.6. The average Bonchev–Trinajstić information content (AvgIpc) is 2.96. The Balaban J connectivity index is 1.47. The van der Waals surface area contributed by atoms with Crippen LogP contribution in [-0.4, -0.2) is 64.8 Å². The van der Waals surface area contributed by atoms with Crippen LogP contribution in [-0.2, 0) is 17.8 Å². The van der Waals surface area contributed by atoms with E-state index in [0.29, 0.717) is 54.2 Å². The van der Waals surface area contributed by atoms with Crippen LogP contribution in [0.4, 0.5) is 13.2 Å². The number of morpholine rings is 1. The molecule has 0 radical (unpaired) electrons. The topological polar surface area (TPSA) is 98.6 Å². The van der Waals surface area contributed by atoms with Crippen LogP contribution in [0.5, 0.6) is 5.75 Å². The molecule has 0 unspecified atom stereocenters. The number of rotatable bonds is 9. The van der Waals surface area contributed by atoms with Gasteiger partial charge >= 0.3 is 6.61 Å². The number of nitrogens with zero attached hydrogens (tertiary/aromatic N) is 4. The third-order valence-corrected chi connectivity index (χ3v) is 6.54. The fraction of sp³-hybridized carbons (Fsp3) is 0.286. The first kappa shape index (κ1) is 27.3. The third-order valence-electron chi connectivity index (χ3n) is 6.54. The molecule has 0 saturated carbocycles. The lowest BCUT2D eigenvalue weighted by atomic mass is 10.1. The van der Waals surface area contributed by atoms with Crippen molar-refractivity contribution in [2.45, 2.75) is 19.7 Å². The fourth-order valence-corrected chi connectivity index (χ4v) is 4.44. The molecule has 1 amide bonds. The van der Waals surface area contributed by atoms with E-state index in [9.17, 15) is 22.8 Å². The van der Waals surface area contributed by atoms with Gasteiger partial charge in [-0.2, -0.15) is 8.78 Å². The van der Waals surface area contributed by atoms with Gasteiger partial charge < -0.3 is 14.8 Å². The fourth-order valence-electron chi connectivity index (χ4n) is 4.44. The number of pyridine rings is 3. The number of fused-ring (bicyclic) bond motifs is 1. The molecule has 12 heteroatoms. The summed E-state index contributed by atoms with van der Waals surface area (Å²) in [6, 6.07) is 11.8. The van der Waals surface area contributed by atoms with Crippen molar-refractivity contribution in [1.82, 2.24) is 24.8 Å². The molecule has 5 rings (SSSR count). The smallest absolute Gasteiger partial charge is 0.387 e. The number of ether oxygens (including phenoxy) is 2. The van der Waals surface area contributed by atoms with Crippen LogP contribution >= 0.6 is 0 Å². The maximum Gasteiger partial charge on any atom is 0.387 e. The highest BCUT2D eigenvalue weighted by molar-refractivity contribution is 5.97. The van der Waals surface area contributed by atoms with Crippen LogP contribution in [0.2, 0.25) is 0 Å². The molecule has 1 aliphatic heterocycles. The molecular formula is C28H26F3N5O4. The molecule has 4 heterocycles. The number of alkyl halides is 2. The van der Waals surface area contributed by atoms with Crippen molar-refractivity contribution in [3.63, 3.8) is 0 Å². The summed E-state index contributed by atoms with van der Waals surface area (Å²) >= 11 is 0. The number of aromatic nitrogens is 3. The molecule has 0 aliphatic carbocycles. The predicted molar refractivity (Wildman–Crippen MR) is 141 cm³/mol. The van der Waals surface area contributed by atoms with Gasteiger partial charge in [-0.25, -0.2) is 9.37 Å². The summed E-state index contributed by atoms with van der Waals surface area (Å²) < 4.78 is 49.5. The van der Waals surface area contributed by atoms with Gasteiger partial charge in [-0.15, -0.1) is 0 Å². The minimum absolute atomic E-state index is 0.0656. The zero-order valence-electron chi connectivity index (χ0n) is 21.4. The van der Waals surface area contributed by atoms with Gasteiger partial charge in [-0.05, 0) is 42.0 Å². The highest BCUT2D eigenvalue weighted by Gasteiger charge is 2.19. The van der Waals surface area contributed by atoms with E-state index >= 15 is 0 Å². The first-order chi connectivity index (χ1) is 19.4. The van der Waals surface area contributed by atoms with Crippen LogP contribution in [0.3, 0.4) is 0 Å². The molecule has 1 N–H and O–H groups in total. The maximum atomic E-state index is 13.5. The molecule has 0 atom stereocenters. The number of halogens is 3. The van der Waals surface area contributed by atoms with Crippen LogP contribution < -0.4 is 15.6 Å². The van der Waals surface area contributed by atoms with Crippen LogP contribution in [0.1, 0.15) is 15.9 Å². The molecule has 0 bridgehead atoms. The van der Waals surface area contributed by atoms with Crippen molar-refractivity contribution in [1.29, 1.82) is 0 Å². The van der Waals surface area contributed by atoms with Gasteiger partial charge in [0.2, 0.25) is 0 Å². The zero-order valence-corrected chi connectivity index (χ0v) is 21.4. The Hall–Kier alpha value is -4.29. The van der Waals surface area contributed by atoms with E-state index in [-0.39, 0.29) is 23.7 Å². The van der Waals surface area contributed by atoms with Gasteiger partial charge in [-0.3, -0.25) is 24.0 Å². The number of carbonyl (C=O) groups is 1. The molecule has 40 heavy (non-hydrogen) atoms. The number of hydrogen-bond acceptors (Lipinski definition) is 7. The number of nitrogens with one attached hydrogen (secondary N) is 1. The molecule has 1 saturated heterocycles. The molecule has 1 aliphatic rings. The van der Waals surface area contributed by atoms with Crippen molar-refractivity contribution in [3.05, 3.63) is 88.2 Å². The molecule has 1 aromatic carbocycles. The molecule has 208 valence electrons. The second-order valence-electron chi connectivity index (χ2n) is 9.17. The van der Waals surface area contributed by atoms with Gasteiger partial charge in [0.25, 0.3) is 11.5 Å². The highest BCUT2D eigenvalue weighted by Crippen LogP contribution is 2.23. The Kier molecular flexibility index (Phi) is 8.37. The molecule has 4 aromatic rings.